The second kappa shape index (κ2) is 3.17. The van der Waals surface area contributed by atoms with E-state index in [0.717, 1.165) is 4.90 Å². The predicted octanol–water partition coefficient (Wildman–Crippen LogP) is -0.905. The maximum atomic E-state index is 11.5. The summed E-state index contributed by atoms with van der Waals surface area (Å²) in [6.07, 6.45) is 0.274. The van der Waals surface area contributed by atoms with E-state index in [4.69, 9.17) is 0 Å². The monoisotopic (exact) mass is 195 g/mol. The number of carbonyl (C=O) groups excluding carboxylic acids is 2. The highest BCUT2D eigenvalue weighted by molar-refractivity contribution is 6.03. The molecule has 2 rings (SSSR count). The van der Waals surface area contributed by atoms with Crippen molar-refractivity contribution in [2.75, 3.05) is 0 Å². The first-order valence-electron chi connectivity index (χ1n) is 4.25. The third kappa shape index (κ3) is 1.36. The van der Waals surface area contributed by atoms with Crippen LogP contribution in [0.5, 0.6) is 0 Å². The van der Waals surface area contributed by atoms with E-state index >= 15 is 0 Å². The maximum absolute atomic E-state index is 11.5. The van der Waals surface area contributed by atoms with Gasteiger partial charge in [0, 0.05) is 12.3 Å². The minimum atomic E-state index is -0.227. The van der Waals surface area contributed by atoms with Gasteiger partial charge >= 0.3 is 0 Å². The number of rotatable bonds is 2. The number of nitrogens with one attached hydrogen (secondary N) is 1. The molecule has 7 nitrogen and oxygen atoms in total. The number of aromatic amines is 1. The standard InChI is InChI=1S/C7H9N5O2/c1-4-2-6(13)12(7(4)14)3-5-8-10-11-9-5/h4H,2-3H2,1H3,(H,8,9,10,11). The van der Waals surface area contributed by atoms with Gasteiger partial charge in [-0.25, -0.2) is 0 Å². The van der Waals surface area contributed by atoms with Crippen molar-refractivity contribution >= 4 is 11.8 Å². The molecule has 1 saturated heterocycles. The lowest BCUT2D eigenvalue weighted by Gasteiger charge is -2.10. The summed E-state index contributed by atoms with van der Waals surface area (Å²) < 4.78 is 0. The molecule has 1 aliphatic rings. The molecule has 0 aliphatic carbocycles. The van der Waals surface area contributed by atoms with Gasteiger partial charge in [0.2, 0.25) is 11.8 Å². The molecule has 0 radical (unpaired) electrons. The van der Waals surface area contributed by atoms with Crippen molar-refractivity contribution < 1.29 is 9.59 Å². The third-order valence-corrected chi connectivity index (χ3v) is 2.16. The second-order valence-electron chi connectivity index (χ2n) is 3.25. The van der Waals surface area contributed by atoms with Crippen molar-refractivity contribution in [2.24, 2.45) is 5.92 Å². The number of nitrogens with zero attached hydrogens (tertiary/aromatic N) is 4. The van der Waals surface area contributed by atoms with Crippen LogP contribution in [0.3, 0.4) is 0 Å². The highest BCUT2D eigenvalue weighted by Crippen LogP contribution is 2.19. The summed E-state index contributed by atoms with van der Waals surface area (Å²) in [4.78, 5) is 24.0. The zero-order valence-electron chi connectivity index (χ0n) is 7.60. The van der Waals surface area contributed by atoms with Crippen molar-refractivity contribution in [1.82, 2.24) is 25.5 Å². The van der Waals surface area contributed by atoms with E-state index in [1.54, 1.807) is 6.92 Å². The topological polar surface area (TPSA) is 91.8 Å². The third-order valence-electron chi connectivity index (χ3n) is 2.16. The quantitative estimate of drug-likeness (QED) is 0.617. The Hall–Kier alpha value is -1.79. The average Bonchev–Trinajstić information content (AvgIpc) is 2.71. The summed E-state index contributed by atoms with van der Waals surface area (Å²) in [6, 6.07) is 0. The molecule has 0 aromatic carbocycles. The summed E-state index contributed by atoms with van der Waals surface area (Å²) >= 11 is 0. The van der Waals surface area contributed by atoms with Crippen molar-refractivity contribution in [3.63, 3.8) is 0 Å². The van der Waals surface area contributed by atoms with E-state index in [1.807, 2.05) is 0 Å². The zero-order chi connectivity index (χ0) is 10.1. The van der Waals surface area contributed by atoms with Gasteiger partial charge in [0.1, 0.15) is 0 Å². The molecule has 1 aromatic rings. The smallest absolute Gasteiger partial charge is 0.232 e. The molecule has 2 amide bonds. The second-order valence-corrected chi connectivity index (χ2v) is 3.25. The van der Waals surface area contributed by atoms with Crippen LogP contribution in [-0.4, -0.2) is 37.3 Å². The van der Waals surface area contributed by atoms with E-state index in [2.05, 4.69) is 20.6 Å². The lowest BCUT2D eigenvalue weighted by atomic mass is 10.1. The molecule has 14 heavy (non-hydrogen) atoms. The molecular weight excluding hydrogens is 186 g/mol. The fourth-order valence-electron chi connectivity index (χ4n) is 1.41. The summed E-state index contributed by atoms with van der Waals surface area (Å²) in [6.45, 7) is 1.84. The van der Waals surface area contributed by atoms with E-state index in [9.17, 15) is 9.59 Å². The van der Waals surface area contributed by atoms with Crippen molar-refractivity contribution in [3.05, 3.63) is 5.82 Å². The number of likely N-dealkylation sites (tertiary alicyclic amines) is 1. The first-order chi connectivity index (χ1) is 6.68. The number of amides is 2. The average molecular weight is 195 g/mol. The summed E-state index contributed by atoms with van der Waals surface area (Å²) in [5.41, 5.74) is 0. The van der Waals surface area contributed by atoms with Crippen LogP contribution in [0.25, 0.3) is 0 Å². The van der Waals surface area contributed by atoms with Crippen LogP contribution in [0.15, 0.2) is 0 Å². The minimum absolute atomic E-state index is 0.110. The van der Waals surface area contributed by atoms with Crippen LogP contribution in [-0.2, 0) is 16.1 Å². The molecule has 0 spiro atoms. The molecule has 74 valence electrons. The first kappa shape index (κ1) is 8.79. The lowest BCUT2D eigenvalue weighted by molar-refractivity contribution is -0.140. The van der Waals surface area contributed by atoms with Gasteiger partial charge in [-0.3, -0.25) is 14.5 Å². The van der Waals surface area contributed by atoms with Crippen molar-refractivity contribution in [3.8, 4) is 0 Å². The Balaban J connectivity index is 2.12. The van der Waals surface area contributed by atoms with E-state index < -0.39 is 0 Å². The van der Waals surface area contributed by atoms with E-state index in [1.165, 1.54) is 0 Å². The van der Waals surface area contributed by atoms with Gasteiger partial charge < -0.3 is 0 Å². The van der Waals surface area contributed by atoms with E-state index in [0.29, 0.717) is 5.82 Å². The van der Waals surface area contributed by atoms with Crippen LogP contribution >= 0.6 is 0 Å². The largest absolute Gasteiger partial charge is 0.274 e. The number of tetrazole rings is 1. The van der Waals surface area contributed by atoms with Gasteiger partial charge in [0.15, 0.2) is 5.82 Å². The number of carbonyl (C=O) groups is 2. The zero-order valence-corrected chi connectivity index (χ0v) is 7.60. The fourth-order valence-corrected chi connectivity index (χ4v) is 1.41. The number of hydrogen-bond donors (Lipinski definition) is 1. The van der Waals surface area contributed by atoms with Crippen LogP contribution in [0.1, 0.15) is 19.2 Å². The summed E-state index contributed by atoms with van der Waals surface area (Å²) in [5, 5.41) is 13.0. The van der Waals surface area contributed by atoms with Crippen LogP contribution in [0.4, 0.5) is 0 Å². The Kier molecular flexibility index (Phi) is 1.99. The molecule has 0 saturated carbocycles. The van der Waals surface area contributed by atoms with Crippen LogP contribution < -0.4 is 0 Å². The van der Waals surface area contributed by atoms with Crippen molar-refractivity contribution in [1.29, 1.82) is 0 Å². The summed E-state index contributed by atoms with van der Waals surface area (Å²) in [5.74, 6) is -0.220. The number of aromatic nitrogens is 4. The Morgan fingerprint density at radius 1 is 1.57 bits per heavy atom. The van der Waals surface area contributed by atoms with Crippen molar-refractivity contribution in [2.45, 2.75) is 19.9 Å². The molecular formula is C7H9N5O2. The Morgan fingerprint density at radius 2 is 2.36 bits per heavy atom. The maximum Gasteiger partial charge on any atom is 0.232 e. The van der Waals surface area contributed by atoms with E-state index in [-0.39, 0.29) is 30.7 Å². The van der Waals surface area contributed by atoms with Gasteiger partial charge in [-0.1, -0.05) is 12.1 Å². The fraction of sp³-hybridized carbons (Fsp3) is 0.571. The molecule has 1 atom stereocenters. The van der Waals surface area contributed by atoms with Crippen LogP contribution in [0.2, 0.25) is 0 Å². The highest BCUT2D eigenvalue weighted by atomic mass is 16.2. The molecule has 0 bridgehead atoms. The Morgan fingerprint density at radius 3 is 2.86 bits per heavy atom. The minimum Gasteiger partial charge on any atom is -0.274 e. The number of H-pyrrole nitrogens is 1. The molecule has 7 heteroatoms. The van der Waals surface area contributed by atoms with Gasteiger partial charge in [-0.15, -0.1) is 10.2 Å². The first-order valence-corrected chi connectivity index (χ1v) is 4.25. The molecule has 1 N–H and O–H groups in total. The Labute approximate surface area is 79.5 Å². The molecule has 2 heterocycles. The van der Waals surface area contributed by atoms with Gasteiger partial charge in [0.25, 0.3) is 0 Å². The SMILES string of the molecule is CC1CC(=O)N(Cc2nn[nH]n2)C1=O. The van der Waals surface area contributed by atoms with Gasteiger partial charge in [0.05, 0.1) is 6.54 Å². The lowest BCUT2D eigenvalue weighted by Crippen LogP contribution is -2.30. The number of imide groups is 1. The van der Waals surface area contributed by atoms with Gasteiger partial charge in [-0.05, 0) is 0 Å². The predicted molar refractivity (Wildman–Crippen MR) is 43.5 cm³/mol. The number of hydrogen-bond acceptors (Lipinski definition) is 5. The highest BCUT2D eigenvalue weighted by Gasteiger charge is 2.35. The van der Waals surface area contributed by atoms with Gasteiger partial charge in [-0.2, -0.15) is 5.21 Å². The molecule has 1 fully saturated rings. The molecule has 1 aromatic heterocycles. The molecule has 1 aliphatic heterocycles. The van der Waals surface area contributed by atoms with Crippen LogP contribution in [0, 0.1) is 5.92 Å². The summed E-state index contributed by atoms with van der Waals surface area (Å²) in [7, 11) is 0. The normalized spacial score (nSPS) is 22.1. The molecule has 1 unspecified atom stereocenters. The Bertz CT molecular complexity index is 360.